The number of hydrogen-bond acceptors (Lipinski definition) is 2. The molecule has 2 atom stereocenters. The molecule has 0 radical (unpaired) electrons. The molecule has 108 valence electrons. The second-order valence-electron chi connectivity index (χ2n) is 6.28. The number of phenols is 1. The SMILES string of the molecule is CN(C(=O)C1CC1c1ccc(O)cc1)C1CCCCC1. The molecule has 0 aliphatic heterocycles. The van der Waals surface area contributed by atoms with Crippen LogP contribution in [0, 0.1) is 5.92 Å². The summed E-state index contributed by atoms with van der Waals surface area (Å²) in [5.74, 6) is 1.12. The molecule has 0 aromatic heterocycles. The summed E-state index contributed by atoms with van der Waals surface area (Å²) in [6.45, 7) is 0. The van der Waals surface area contributed by atoms with E-state index in [2.05, 4.69) is 0 Å². The number of carbonyl (C=O) groups is 1. The van der Waals surface area contributed by atoms with Crippen LogP contribution in [-0.4, -0.2) is 29.0 Å². The highest BCUT2D eigenvalue weighted by Gasteiger charge is 2.46. The lowest BCUT2D eigenvalue weighted by molar-refractivity contribution is -0.134. The van der Waals surface area contributed by atoms with E-state index in [0.717, 1.165) is 6.42 Å². The van der Waals surface area contributed by atoms with Crippen LogP contribution in [0.15, 0.2) is 24.3 Å². The topological polar surface area (TPSA) is 40.5 Å². The Hall–Kier alpha value is -1.51. The van der Waals surface area contributed by atoms with E-state index in [1.807, 2.05) is 24.1 Å². The minimum absolute atomic E-state index is 0.159. The van der Waals surface area contributed by atoms with Crippen molar-refractivity contribution >= 4 is 5.91 Å². The quantitative estimate of drug-likeness (QED) is 0.918. The first-order valence-corrected chi connectivity index (χ1v) is 7.72. The van der Waals surface area contributed by atoms with Gasteiger partial charge in [-0.2, -0.15) is 0 Å². The van der Waals surface area contributed by atoms with Crippen LogP contribution in [-0.2, 0) is 4.79 Å². The summed E-state index contributed by atoms with van der Waals surface area (Å²) >= 11 is 0. The largest absolute Gasteiger partial charge is 0.508 e. The van der Waals surface area contributed by atoms with Crippen molar-refractivity contribution in [2.75, 3.05) is 7.05 Å². The Bertz CT molecular complexity index is 476. The predicted molar refractivity (Wildman–Crippen MR) is 78.6 cm³/mol. The Morgan fingerprint density at radius 3 is 2.45 bits per heavy atom. The first-order valence-electron chi connectivity index (χ1n) is 7.72. The van der Waals surface area contributed by atoms with Crippen LogP contribution in [0.1, 0.15) is 50.0 Å². The van der Waals surface area contributed by atoms with E-state index in [9.17, 15) is 9.90 Å². The maximum atomic E-state index is 12.5. The zero-order valence-corrected chi connectivity index (χ0v) is 12.1. The molecule has 0 spiro atoms. The van der Waals surface area contributed by atoms with Crippen LogP contribution < -0.4 is 0 Å². The molecule has 2 aliphatic carbocycles. The summed E-state index contributed by atoms with van der Waals surface area (Å²) in [6, 6.07) is 7.75. The molecule has 0 heterocycles. The van der Waals surface area contributed by atoms with Crippen LogP contribution in [0.25, 0.3) is 0 Å². The number of phenolic OH excluding ortho intramolecular Hbond substituents is 1. The smallest absolute Gasteiger partial charge is 0.226 e. The number of carbonyl (C=O) groups excluding carboxylic acids is 1. The van der Waals surface area contributed by atoms with Crippen LogP contribution >= 0.6 is 0 Å². The summed E-state index contributed by atoms with van der Waals surface area (Å²) in [4.78, 5) is 14.5. The molecule has 3 nitrogen and oxygen atoms in total. The molecular weight excluding hydrogens is 250 g/mol. The van der Waals surface area contributed by atoms with E-state index >= 15 is 0 Å². The number of rotatable bonds is 3. The van der Waals surface area contributed by atoms with E-state index in [1.165, 1.54) is 37.7 Å². The first kappa shape index (κ1) is 13.5. The normalized spacial score (nSPS) is 26.2. The molecule has 1 N–H and O–H groups in total. The van der Waals surface area contributed by atoms with Crippen molar-refractivity contribution in [3.63, 3.8) is 0 Å². The lowest BCUT2D eigenvalue weighted by Gasteiger charge is -2.31. The molecule has 3 rings (SSSR count). The van der Waals surface area contributed by atoms with Gasteiger partial charge in [-0.3, -0.25) is 4.79 Å². The monoisotopic (exact) mass is 273 g/mol. The Labute approximate surface area is 120 Å². The molecule has 3 heteroatoms. The average Bonchev–Trinajstić information content (AvgIpc) is 3.28. The molecule has 2 unspecified atom stereocenters. The third-order valence-corrected chi connectivity index (χ3v) is 4.90. The standard InChI is InChI=1S/C17H23NO2/c1-18(13-5-3-2-4-6-13)17(20)16-11-15(16)12-7-9-14(19)10-8-12/h7-10,13,15-16,19H,2-6,11H2,1H3. The summed E-state index contributed by atoms with van der Waals surface area (Å²) < 4.78 is 0. The average molecular weight is 273 g/mol. The Morgan fingerprint density at radius 2 is 1.80 bits per heavy atom. The summed E-state index contributed by atoms with van der Waals surface area (Å²) in [5, 5.41) is 9.32. The van der Waals surface area contributed by atoms with Crippen LogP contribution in [0.3, 0.4) is 0 Å². The van der Waals surface area contributed by atoms with Crippen LogP contribution in [0.4, 0.5) is 0 Å². The minimum Gasteiger partial charge on any atom is -0.508 e. The van der Waals surface area contributed by atoms with Crippen molar-refractivity contribution in [1.29, 1.82) is 0 Å². The molecule has 1 aromatic carbocycles. The second kappa shape index (κ2) is 5.47. The summed E-state index contributed by atoms with van der Waals surface area (Å²) in [7, 11) is 1.98. The lowest BCUT2D eigenvalue weighted by atomic mass is 9.94. The fraction of sp³-hybridized carbons (Fsp3) is 0.588. The molecule has 2 fully saturated rings. The fourth-order valence-electron chi connectivity index (χ4n) is 3.47. The van der Waals surface area contributed by atoms with Gasteiger partial charge in [0.25, 0.3) is 0 Å². The van der Waals surface area contributed by atoms with E-state index < -0.39 is 0 Å². The lowest BCUT2D eigenvalue weighted by Crippen LogP contribution is -2.39. The highest BCUT2D eigenvalue weighted by Crippen LogP contribution is 2.49. The van der Waals surface area contributed by atoms with Gasteiger partial charge in [0.15, 0.2) is 0 Å². The van der Waals surface area contributed by atoms with Crippen molar-refractivity contribution in [1.82, 2.24) is 4.90 Å². The number of nitrogens with zero attached hydrogens (tertiary/aromatic N) is 1. The molecule has 0 bridgehead atoms. The zero-order chi connectivity index (χ0) is 14.1. The Morgan fingerprint density at radius 1 is 1.15 bits per heavy atom. The highest BCUT2D eigenvalue weighted by atomic mass is 16.3. The van der Waals surface area contributed by atoms with Gasteiger partial charge in [0.1, 0.15) is 5.75 Å². The summed E-state index contributed by atoms with van der Waals surface area (Å²) in [6.07, 6.45) is 7.12. The highest BCUT2D eigenvalue weighted by molar-refractivity contribution is 5.83. The third kappa shape index (κ3) is 2.67. The van der Waals surface area contributed by atoms with Gasteiger partial charge in [0.2, 0.25) is 5.91 Å². The molecule has 1 amide bonds. The van der Waals surface area contributed by atoms with Crippen LogP contribution in [0.2, 0.25) is 0 Å². The third-order valence-electron chi connectivity index (χ3n) is 4.90. The van der Waals surface area contributed by atoms with Crippen molar-refractivity contribution < 1.29 is 9.90 Å². The number of aromatic hydroxyl groups is 1. The van der Waals surface area contributed by atoms with Crippen molar-refractivity contribution in [3.8, 4) is 5.75 Å². The van der Waals surface area contributed by atoms with Gasteiger partial charge in [-0.05, 0) is 42.9 Å². The van der Waals surface area contributed by atoms with Crippen LogP contribution in [0.5, 0.6) is 5.75 Å². The maximum absolute atomic E-state index is 12.5. The number of benzene rings is 1. The second-order valence-corrected chi connectivity index (χ2v) is 6.28. The molecular formula is C17H23NO2. The maximum Gasteiger partial charge on any atom is 0.226 e. The van der Waals surface area contributed by atoms with Gasteiger partial charge < -0.3 is 10.0 Å². The van der Waals surface area contributed by atoms with Gasteiger partial charge in [0, 0.05) is 19.0 Å². The first-order chi connectivity index (χ1) is 9.66. The van der Waals surface area contributed by atoms with Crippen molar-refractivity contribution in [2.24, 2.45) is 5.92 Å². The molecule has 0 saturated heterocycles. The molecule has 2 saturated carbocycles. The molecule has 1 aromatic rings. The van der Waals surface area contributed by atoms with Crippen molar-refractivity contribution in [3.05, 3.63) is 29.8 Å². The van der Waals surface area contributed by atoms with Crippen molar-refractivity contribution in [2.45, 2.75) is 50.5 Å². The Kier molecular flexibility index (Phi) is 3.68. The molecule has 2 aliphatic rings. The van der Waals surface area contributed by atoms with E-state index in [4.69, 9.17) is 0 Å². The van der Waals surface area contributed by atoms with Gasteiger partial charge in [-0.1, -0.05) is 31.4 Å². The summed E-state index contributed by atoms with van der Waals surface area (Å²) in [5.41, 5.74) is 1.18. The predicted octanol–water partition coefficient (Wildman–Crippen LogP) is 3.29. The van der Waals surface area contributed by atoms with Gasteiger partial charge in [-0.15, -0.1) is 0 Å². The van der Waals surface area contributed by atoms with E-state index in [0.29, 0.717) is 17.9 Å². The fourth-order valence-corrected chi connectivity index (χ4v) is 3.47. The number of amides is 1. The zero-order valence-electron chi connectivity index (χ0n) is 12.1. The number of hydrogen-bond donors (Lipinski definition) is 1. The van der Waals surface area contributed by atoms with Gasteiger partial charge in [0.05, 0.1) is 0 Å². The molecule has 20 heavy (non-hydrogen) atoms. The Balaban J connectivity index is 1.60. The van der Waals surface area contributed by atoms with E-state index in [1.54, 1.807) is 12.1 Å². The van der Waals surface area contributed by atoms with E-state index in [-0.39, 0.29) is 11.7 Å². The minimum atomic E-state index is 0.159. The van der Waals surface area contributed by atoms with Gasteiger partial charge >= 0.3 is 0 Å². The van der Waals surface area contributed by atoms with Gasteiger partial charge in [-0.25, -0.2) is 0 Å².